The van der Waals surface area contributed by atoms with Gasteiger partial charge in [-0.2, -0.15) is 0 Å². The van der Waals surface area contributed by atoms with Gasteiger partial charge in [-0.15, -0.1) is 0 Å². The third-order valence-electron chi connectivity index (χ3n) is 2.36. The first-order chi connectivity index (χ1) is 8.81. The van der Waals surface area contributed by atoms with Gasteiger partial charge in [0.2, 0.25) is 0 Å². The molecule has 3 N–H and O–H groups in total. The zero-order chi connectivity index (χ0) is 14.5. The number of amides is 1. The highest BCUT2D eigenvalue weighted by atomic mass is 79.9. The van der Waals surface area contributed by atoms with Crippen molar-refractivity contribution in [3.63, 3.8) is 0 Å². The highest BCUT2D eigenvalue weighted by Gasteiger charge is 2.17. The van der Waals surface area contributed by atoms with Crippen molar-refractivity contribution in [3.8, 4) is 0 Å². The summed E-state index contributed by atoms with van der Waals surface area (Å²) in [6.45, 7) is 6.14. The van der Waals surface area contributed by atoms with Gasteiger partial charge in [-0.1, -0.05) is 22.0 Å². The Labute approximate surface area is 122 Å². The molecule has 0 unspecified atom stereocenters. The van der Waals surface area contributed by atoms with Crippen LogP contribution in [0.15, 0.2) is 22.7 Å². The van der Waals surface area contributed by atoms with Gasteiger partial charge in [0.1, 0.15) is 5.60 Å². The van der Waals surface area contributed by atoms with Gasteiger partial charge in [0.25, 0.3) is 0 Å². The lowest BCUT2D eigenvalue weighted by Gasteiger charge is -2.20. The van der Waals surface area contributed by atoms with E-state index in [2.05, 4.69) is 21.2 Å². The number of nitrogens with two attached hydrogens (primary N) is 1. The lowest BCUT2D eigenvalue weighted by molar-refractivity contribution is 0.0636. The van der Waals surface area contributed by atoms with Gasteiger partial charge < -0.3 is 10.5 Å². The molecule has 1 rings (SSSR count). The fourth-order valence-corrected chi connectivity index (χ4v) is 1.95. The summed E-state index contributed by atoms with van der Waals surface area (Å²) in [6.07, 6.45) is 1.26. The van der Waals surface area contributed by atoms with Crippen LogP contribution in [0, 0.1) is 0 Å². The van der Waals surface area contributed by atoms with Crippen molar-refractivity contribution in [1.29, 1.82) is 0 Å². The highest BCUT2D eigenvalue weighted by molar-refractivity contribution is 9.10. The molecule has 1 amide bonds. The number of carbonyl (C=O) groups is 1. The monoisotopic (exact) mass is 328 g/mol. The average molecular weight is 329 g/mol. The van der Waals surface area contributed by atoms with Crippen molar-refractivity contribution in [3.05, 3.63) is 28.2 Å². The van der Waals surface area contributed by atoms with Crippen LogP contribution in [-0.2, 0) is 11.2 Å². The maximum atomic E-state index is 11.8. The van der Waals surface area contributed by atoms with Crippen molar-refractivity contribution in [2.24, 2.45) is 5.73 Å². The molecule has 4 nitrogen and oxygen atoms in total. The number of aryl methyl sites for hydroxylation is 1. The van der Waals surface area contributed by atoms with E-state index in [9.17, 15) is 4.79 Å². The van der Waals surface area contributed by atoms with E-state index in [4.69, 9.17) is 10.5 Å². The number of hydrogen-bond acceptors (Lipinski definition) is 3. The van der Waals surface area contributed by atoms with E-state index in [1.165, 1.54) is 0 Å². The van der Waals surface area contributed by atoms with Crippen molar-refractivity contribution in [1.82, 2.24) is 0 Å². The maximum absolute atomic E-state index is 11.8. The molecule has 0 atom stereocenters. The Morgan fingerprint density at radius 3 is 2.68 bits per heavy atom. The first-order valence-corrected chi connectivity index (χ1v) is 7.09. The lowest BCUT2D eigenvalue weighted by Crippen LogP contribution is -2.27. The second-order valence-electron chi connectivity index (χ2n) is 5.32. The average Bonchev–Trinajstić information content (AvgIpc) is 2.25. The van der Waals surface area contributed by atoms with Crippen LogP contribution >= 0.6 is 15.9 Å². The van der Waals surface area contributed by atoms with E-state index in [0.717, 1.165) is 28.6 Å². The number of carbonyl (C=O) groups excluding carboxylic acids is 1. The first-order valence-electron chi connectivity index (χ1n) is 6.30. The zero-order valence-corrected chi connectivity index (χ0v) is 13.2. The minimum Gasteiger partial charge on any atom is -0.444 e. The topological polar surface area (TPSA) is 64.3 Å². The molecule has 0 radical (unpaired) electrons. The van der Waals surface area contributed by atoms with Gasteiger partial charge in [-0.05, 0) is 57.9 Å². The molecule has 5 heteroatoms. The molecule has 0 aliphatic rings. The number of halogens is 1. The Balaban J connectivity index is 2.80. The van der Waals surface area contributed by atoms with Crippen molar-refractivity contribution < 1.29 is 9.53 Å². The zero-order valence-electron chi connectivity index (χ0n) is 11.6. The summed E-state index contributed by atoms with van der Waals surface area (Å²) in [7, 11) is 0. The second kappa shape index (κ2) is 6.91. The summed E-state index contributed by atoms with van der Waals surface area (Å²) in [5, 5.41) is 2.78. The van der Waals surface area contributed by atoms with Gasteiger partial charge in [0, 0.05) is 10.2 Å². The number of nitrogens with one attached hydrogen (secondary N) is 1. The van der Waals surface area contributed by atoms with E-state index < -0.39 is 11.7 Å². The normalized spacial score (nSPS) is 11.2. The van der Waals surface area contributed by atoms with Crippen LogP contribution in [0.1, 0.15) is 32.8 Å². The molecule has 0 fully saturated rings. The largest absolute Gasteiger partial charge is 0.444 e. The fourth-order valence-electron chi connectivity index (χ4n) is 1.59. The Hall–Kier alpha value is -1.07. The van der Waals surface area contributed by atoms with E-state index >= 15 is 0 Å². The summed E-state index contributed by atoms with van der Waals surface area (Å²) in [5.74, 6) is 0. The predicted octanol–water partition coefficient (Wildman–Crippen LogP) is 3.69. The summed E-state index contributed by atoms with van der Waals surface area (Å²) in [5.41, 5.74) is 6.83. The Morgan fingerprint density at radius 2 is 2.11 bits per heavy atom. The SMILES string of the molecule is CC(C)(C)OC(=O)Nc1cc(Br)ccc1CCCN. The van der Waals surface area contributed by atoms with Crippen LogP contribution in [-0.4, -0.2) is 18.2 Å². The van der Waals surface area contributed by atoms with Crippen molar-refractivity contribution in [2.45, 2.75) is 39.2 Å². The van der Waals surface area contributed by atoms with Gasteiger partial charge in [0.15, 0.2) is 0 Å². The second-order valence-corrected chi connectivity index (χ2v) is 6.24. The van der Waals surface area contributed by atoms with Crippen LogP contribution in [0.4, 0.5) is 10.5 Å². The molecule has 19 heavy (non-hydrogen) atoms. The predicted molar refractivity (Wildman–Crippen MR) is 81.4 cm³/mol. The fraction of sp³-hybridized carbons (Fsp3) is 0.500. The maximum Gasteiger partial charge on any atom is 0.412 e. The molecule has 1 aromatic carbocycles. The molecule has 0 aliphatic heterocycles. The molecular formula is C14H21BrN2O2. The quantitative estimate of drug-likeness (QED) is 0.885. The number of hydrogen-bond donors (Lipinski definition) is 2. The number of ether oxygens (including phenoxy) is 1. The minimum absolute atomic E-state index is 0.445. The lowest BCUT2D eigenvalue weighted by atomic mass is 10.1. The minimum atomic E-state index is -0.506. The van der Waals surface area contributed by atoms with E-state index in [1.807, 2.05) is 39.0 Å². The van der Waals surface area contributed by atoms with Gasteiger partial charge >= 0.3 is 6.09 Å². The highest BCUT2D eigenvalue weighted by Crippen LogP contribution is 2.23. The van der Waals surface area contributed by atoms with Crippen LogP contribution in [0.5, 0.6) is 0 Å². The summed E-state index contributed by atoms with van der Waals surface area (Å²) >= 11 is 3.40. The molecule has 0 heterocycles. The summed E-state index contributed by atoms with van der Waals surface area (Å²) < 4.78 is 6.16. The van der Waals surface area contributed by atoms with Gasteiger partial charge in [0.05, 0.1) is 0 Å². The molecule has 0 saturated carbocycles. The molecular weight excluding hydrogens is 308 g/mol. The van der Waals surface area contributed by atoms with Crippen LogP contribution in [0.25, 0.3) is 0 Å². The molecule has 0 bridgehead atoms. The third-order valence-corrected chi connectivity index (χ3v) is 2.85. The standard InChI is InChI=1S/C14H21BrN2O2/c1-14(2,3)19-13(18)17-12-9-11(15)7-6-10(12)5-4-8-16/h6-7,9H,4-5,8,16H2,1-3H3,(H,17,18). The van der Waals surface area contributed by atoms with Crippen molar-refractivity contribution in [2.75, 3.05) is 11.9 Å². The van der Waals surface area contributed by atoms with Crippen molar-refractivity contribution >= 4 is 27.7 Å². The van der Waals surface area contributed by atoms with E-state index in [-0.39, 0.29) is 0 Å². The van der Waals surface area contributed by atoms with E-state index in [0.29, 0.717) is 6.54 Å². The third kappa shape index (κ3) is 6.07. The molecule has 0 aromatic heterocycles. The molecule has 0 saturated heterocycles. The van der Waals surface area contributed by atoms with Gasteiger partial charge in [-0.3, -0.25) is 5.32 Å². The van der Waals surface area contributed by atoms with Gasteiger partial charge in [-0.25, -0.2) is 4.79 Å². The summed E-state index contributed by atoms with van der Waals surface area (Å²) in [4.78, 5) is 11.8. The summed E-state index contributed by atoms with van der Waals surface area (Å²) in [6, 6.07) is 5.80. The number of benzene rings is 1. The molecule has 106 valence electrons. The number of anilines is 1. The van der Waals surface area contributed by atoms with E-state index in [1.54, 1.807) is 0 Å². The Bertz CT molecular complexity index is 442. The smallest absolute Gasteiger partial charge is 0.412 e. The van der Waals surface area contributed by atoms with Crippen LogP contribution in [0.2, 0.25) is 0 Å². The van der Waals surface area contributed by atoms with Crippen LogP contribution < -0.4 is 11.1 Å². The number of rotatable bonds is 4. The molecule has 0 spiro atoms. The Morgan fingerprint density at radius 1 is 1.42 bits per heavy atom. The molecule has 1 aromatic rings. The Kier molecular flexibility index (Phi) is 5.82. The first kappa shape index (κ1) is 16.0. The molecule has 0 aliphatic carbocycles. The van der Waals surface area contributed by atoms with Crippen LogP contribution in [0.3, 0.4) is 0 Å².